The van der Waals surface area contributed by atoms with Gasteiger partial charge < -0.3 is 9.64 Å². The molecule has 194 valence electrons. The van der Waals surface area contributed by atoms with Crippen LogP contribution in [0.3, 0.4) is 0 Å². The van der Waals surface area contributed by atoms with E-state index in [0.29, 0.717) is 25.2 Å². The van der Waals surface area contributed by atoms with E-state index in [1.54, 1.807) is 36.4 Å². The minimum absolute atomic E-state index is 0.115. The lowest BCUT2D eigenvalue weighted by molar-refractivity contribution is -0.145. The number of ether oxygens (including phenoxy) is 1. The Hall–Kier alpha value is -4.10. The number of halogens is 1. The fourth-order valence-electron chi connectivity index (χ4n) is 5.33. The maximum absolute atomic E-state index is 14.3. The third-order valence-corrected chi connectivity index (χ3v) is 7.03. The summed E-state index contributed by atoms with van der Waals surface area (Å²) in [6, 6.07) is 23.5. The molecule has 0 unspecified atom stereocenters. The van der Waals surface area contributed by atoms with Crippen LogP contribution in [0.1, 0.15) is 40.9 Å². The highest BCUT2D eigenvalue weighted by Gasteiger charge is 2.37. The molecule has 0 N–H and O–H groups in total. The standard InChI is InChI=1S/C31H30FN3O3/c1-2-38-29(36)18-26-21-34(31(37)28-20-33-19-24-11-6-7-14-27(24)28)15-16-35(26)30(22-9-4-3-5-10-22)23-12-8-13-25(32)17-23/h3-14,17,19-20,26,30H,2,15-16,18,21H2,1H3/t26-,30-/m0/s1. The van der Waals surface area contributed by atoms with Gasteiger partial charge in [-0.3, -0.25) is 19.5 Å². The van der Waals surface area contributed by atoms with Gasteiger partial charge in [0.25, 0.3) is 5.91 Å². The zero-order valence-electron chi connectivity index (χ0n) is 21.3. The first-order valence-electron chi connectivity index (χ1n) is 12.9. The Morgan fingerprint density at radius 1 is 0.974 bits per heavy atom. The Balaban J connectivity index is 1.50. The van der Waals surface area contributed by atoms with Crippen molar-refractivity contribution in [1.29, 1.82) is 0 Å². The Morgan fingerprint density at radius 3 is 2.53 bits per heavy atom. The highest BCUT2D eigenvalue weighted by molar-refractivity contribution is 6.06. The average Bonchev–Trinajstić information content (AvgIpc) is 2.94. The van der Waals surface area contributed by atoms with Crippen molar-refractivity contribution in [2.45, 2.75) is 25.4 Å². The number of esters is 1. The molecule has 7 heteroatoms. The zero-order valence-corrected chi connectivity index (χ0v) is 21.3. The summed E-state index contributed by atoms with van der Waals surface area (Å²) < 4.78 is 19.7. The molecular formula is C31H30FN3O3. The van der Waals surface area contributed by atoms with E-state index in [4.69, 9.17) is 4.74 Å². The maximum Gasteiger partial charge on any atom is 0.307 e. The summed E-state index contributed by atoms with van der Waals surface area (Å²) in [6.45, 7) is 3.35. The van der Waals surface area contributed by atoms with Gasteiger partial charge in [0.05, 0.1) is 24.6 Å². The molecule has 0 aliphatic carbocycles. The molecule has 0 saturated carbocycles. The monoisotopic (exact) mass is 511 g/mol. The number of hydrogen-bond donors (Lipinski definition) is 0. The van der Waals surface area contributed by atoms with Crippen LogP contribution in [0.2, 0.25) is 0 Å². The highest BCUT2D eigenvalue weighted by Crippen LogP contribution is 2.34. The molecule has 4 aromatic rings. The Bertz CT molecular complexity index is 1420. The van der Waals surface area contributed by atoms with Crippen LogP contribution in [0.4, 0.5) is 4.39 Å². The molecule has 0 bridgehead atoms. The van der Waals surface area contributed by atoms with E-state index in [1.165, 1.54) is 6.07 Å². The molecule has 1 saturated heterocycles. The molecule has 3 aromatic carbocycles. The van der Waals surface area contributed by atoms with Crippen LogP contribution < -0.4 is 0 Å². The van der Waals surface area contributed by atoms with E-state index < -0.39 is 0 Å². The molecule has 38 heavy (non-hydrogen) atoms. The summed E-state index contributed by atoms with van der Waals surface area (Å²) in [5.41, 5.74) is 2.32. The molecule has 0 spiro atoms. The first kappa shape index (κ1) is 25.5. The second-order valence-corrected chi connectivity index (χ2v) is 9.43. The number of rotatable bonds is 7. The van der Waals surface area contributed by atoms with Gasteiger partial charge in [-0.05, 0) is 35.6 Å². The molecule has 1 fully saturated rings. The lowest BCUT2D eigenvalue weighted by Crippen LogP contribution is -2.56. The normalized spacial score (nSPS) is 16.8. The number of pyridine rings is 1. The number of carbonyl (C=O) groups is 2. The van der Waals surface area contributed by atoms with E-state index in [1.807, 2.05) is 60.7 Å². The van der Waals surface area contributed by atoms with Gasteiger partial charge in [-0.25, -0.2) is 4.39 Å². The van der Waals surface area contributed by atoms with Gasteiger partial charge in [0.2, 0.25) is 0 Å². The van der Waals surface area contributed by atoms with Gasteiger partial charge in [0, 0.05) is 43.5 Å². The lowest BCUT2D eigenvalue weighted by Gasteiger charge is -2.45. The minimum atomic E-state index is -0.330. The van der Waals surface area contributed by atoms with Crippen LogP contribution in [-0.4, -0.2) is 58.9 Å². The number of amides is 1. The molecule has 5 rings (SSSR count). The fourth-order valence-corrected chi connectivity index (χ4v) is 5.33. The van der Waals surface area contributed by atoms with Crippen LogP contribution in [0.5, 0.6) is 0 Å². The summed E-state index contributed by atoms with van der Waals surface area (Å²) in [5.74, 6) is -0.762. The number of fused-ring (bicyclic) bond motifs is 1. The number of benzene rings is 3. The topological polar surface area (TPSA) is 62.7 Å². The summed E-state index contributed by atoms with van der Waals surface area (Å²) in [4.78, 5) is 34.7. The van der Waals surface area contributed by atoms with Crippen molar-refractivity contribution >= 4 is 22.6 Å². The molecule has 2 atom stereocenters. The lowest BCUT2D eigenvalue weighted by atomic mass is 9.93. The molecule has 1 aliphatic heterocycles. The number of nitrogens with zero attached hydrogens (tertiary/aromatic N) is 3. The average molecular weight is 512 g/mol. The van der Waals surface area contributed by atoms with E-state index in [2.05, 4.69) is 9.88 Å². The minimum Gasteiger partial charge on any atom is -0.466 e. The maximum atomic E-state index is 14.3. The summed E-state index contributed by atoms with van der Waals surface area (Å²) in [5, 5.41) is 1.74. The Morgan fingerprint density at radius 2 is 1.74 bits per heavy atom. The van der Waals surface area contributed by atoms with E-state index in [-0.39, 0.29) is 42.8 Å². The van der Waals surface area contributed by atoms with Gasteiger partial charge in [-0.2, -0.15) is 0 Å². The van der Waals surface area contributed by atoms with Crippen LogP contribution in [0.25, 0.3) is 10.8 Å². The largest absolute Gasteiger partial charge is 0.466 e. The van der Waals surface area contributed by atoms with E-state index in [9.17, 15) is 14.0 Å². The number of piperazine rings is 1. The Kier molecular flexibility index (Phi) is 7.75. The van der Waals surface area contributed by atoms with E-state index >= 15 is 0 Å². The number of hydrogen-bond acceptors (Lipinski definition) is 5. The summed E-state index contributed by atoms with van der Waals surface area (Å²) in [6.07, 6.45) is 3.47. The SMILES string of the molecule is CCOC(=O)C[C@H]1CN(C(=O)c2cncc3ccccc23)CCN1[C@@H](c1ccccc1)c1cccc(F)c1. The fraction of sp³-hybridized carbons (Fsp3) is 0.258. The first-order valence-corrected chi connectivity index (χ1v) is 12.9. The molecule has 1 aliphatic rings. The first-order chi connectivity index (χ1) is 18.5. The highest BCUT2D eigenvalue weighted by atomic mass is 19.1. The quantitative estimate of drug-likeness (QED) is 0.318. The van der Waals surface area contributed by atoms with Crippen LogP contribution in [-0.2, 0) is 9.53 Å². The van der Waals surface area contributed by atoms with Gasteiger partial charge in [-0.15, -0.1) is 0 Å². The number of carbonyl (C=O) groups excluding carboxylic acids is 2. The predicted molar refractivity (Wildman–Crippen MR) is 144 cm³/mol. The van der Waals surface area contributed by atoms with Gasteiger partial charge >= 0.3 is 5.97 Å². The van der Waals surface area contributed by atoms with Crippen LogP contribution >= 0.6 is 0 Å². The Labute approximate surface area is 221 Å². The molecule has 1 aromatic heterocycles. The van der Waals surface area contributed by atoms with Crippen LogP contribution in [0, 0.1) is 5.82 Å². The zero-order chi connectivity index (χ0) is 26.5. The van der Waals surface area contributed by atoms with Crippen LogP contribution in [0.15, 0.2) is 91.3 Å². The van der Waals surface area contributed by atoms with Crippen molar-refractivity contribution in [2.24, 2.45) is 0 Å². The third-order valence-electron chi connectivity index (χ3n) is 7.03. The molecule has 2 heterocycles. The summed E-state index contributed by atoms with van der Waals surface area (Å²) in [7, 11) is 0. The second-order valence-electron chi connectivity index (χ2n) is 9.43. The van der Waals surface area contributed by atoms with Gasteiger partial charge in [-0.1, -0.05) is 66.7 Å². The van der Waals surface area contributed by atoms with Crippen molar-refractivity contribution in [3.63, 3.8) is 0 Å². The van der Waals surface area contributed by atoms with Gasteiger partial charge in [0.15, 0.2) is 0 Å². The number of aromatic nitrogens is 1. The molecule has 6 nitrogen and oxygen atoms in total. The molecular weight excluding hydrogens is 481 g/mol. The van der Waals surface area contributed by atoms with Crippen molar-refractivity contribution in [3.05, 3.63) is 114 Å². The molecule has 1 amide bonds. The van der Waals surface area contributed by atoms with E-state index in [0.717, 1.165) is 21.9 Å². The second kappa shape index (κ2) is 11.5. The molecule has 0 radical (unpaired) electrons. The van der Waals surface area contributed by atoms with Crippen molar-refractivity contribution in [3.8, 4) is 0 Å². The smallest absolute Gasteiger partial charge is 0.307 e. The van der Waals surface area contributed by atoms with Crippen molar-refractivity contribution < 1.29 is 18.7 Å². The van der Waals surface area contributed by atoms with Gasteiger partial charge in [0.1, 0.15) is 5.82 Å². The predicted octanol–water partition coefficient (Wildman–Crippen LogP) is 5.24. The third kappa shape index (κ3) is 5.43. The van der Waals surface area contributed by atoms with Crippen molar-refractivity contribution in [2.75, 3.05) is 26.2 Å². The van der Waals surface area contributed by atoms with Crippen molar-refractivity contribution in [1.82, 2.24) is 14.8 Å². The summed E-state index contributed by atoms with van der Waals surface area (Å²) >= 11 is 0.